The van der Waals surface area contributed by atoms with Crippen molar-refractivity contribution >= 4 is 16.4 Å². The number of rotatable bonds is 5. The summed E-state index contributed by atoms with van der Waals surface area (Å²) >= 11 is 0. The highest BCUT2D eigenvalue weighted by atomic mass is 32.3. The van der Waals surface area contributed by atoms with Gasteiger partial charge in [0, 0.05) is 12.6 Å². The molecular weight excluding hydrogens is 326 g/mol. The average molecular weight is 349 g/mol. The van der Waals surface area contributed by atoms with E-state index in [1.807, 2.05) is 6.20 Å². The Bertz CT molecular complexity index is 572. The molecule has 0 radical (unpaired) electrons. The number of esters is 1. The van der Waals surface area contributed by atoms with Crippen LogP contribution in [0, 0.1) is 0 Å². The van der Waals surface area contributed by atoms with Crippen LogP contribution in [0.1, 0.15) is 37.8 Å². The normalized spacial score (nSPS) is 15.6. The van der Waals surface area contributed by atoms with Crippen LogP contribution in [0.3, 0.4) is 0 Å². The minimum absolute atomic E-state index is 0.123. The molecular formula is C13H23N3O6S. The third kappa shape index (κ3) is 10.00. The number of ether oxygens (including phenoxy) is 1. The standard InChI is InChI=1S/C13H21N3O2.H2O4S/c14-7-6-11-8-16(10-15-11)9-13(17)18-12-4-2-1-3-5-12;1-5(2,3)4/h8,10,12H,1-7,9,14H2;(H2,1,2,3,4). The molecule has 9 nitrogen and oxygen atoms in total. The zero-order chi connectivity index (χ0) is 17.3. The van der Waals surface area contributed by atoms with Gasteiger partial charge in [-0.2, -0.15) is 8.42 Å². The van der Waals surface area contributed by atoms with Crippen LogP contribution < -0.4 is 5.73 Å². The number of hydrogen-bond donors (Lipinski definition) is 3. The molecule has 1 aliphatic carbocycles. The Hall–Kier alpha value is -1.49. The largest absolute Gasteiger partial charge is 0.461 e. The van der Waals surface area contributed by atoms with E-state index in [1.165, 1.54) is 19.3 Å². The molecule has 10 heteroatoms. The maximum atomic E-state index is 11.8. The summed E-state index contributed by atoms with van der Waals surface area (Å²) in [6.45, 7) is 0.817. The molecule has 0 unspecified atom stereocenters. The molecule has 1 aliphatic rings. The molecule has 0 spiro atoms. The summed E-state index contributed by atoms with van der Waals surface area (Å²) in [6.07, 6.45) is 10.00. The fourth-order valence-corrected chi connectivity index (χ4v) is 2.33. The van der Waals surface area contributed by atoms with Gasteiger partial charge in [-0.25, -0.2) is 4.98 Å². The SMILES string of the molecule is NCCc1cn(CC(=O)OC2CCCCC2)cn1.O=S(=O)(O)O. The van der Waals surface area contributed by atoms with Crippen LogP contribution in [-0.4, -0.2) is 45.7 Å². The van der Waals surface area contributed by atoms with E-state index in [1.54, 1.807) is 10.9 Å². The van der Waals surface area contributed by atoms with E-state index in [2.05, 4.69) is 4.98 Å². The first-order valence-electron chi connectivity index (χ1n) is 7.38. The summed E-state index contributed by atoms with van der Waals surface area (Å²) in [4.78, 5) is 15.9. The van der Waals surface area contributed by atoms with Crippen LogP contribution in [0.5, 0.6) is 0 Å². The quantitative estimate of drug-likeness (QED) is 0.518. The van der Waals surface area contributed by atoms with E-state index in [4.69, 9.17) is 28.0 Å². The van der Waals surface area contributed by atoms with Gasteiger partial charge in [0.1, 0.15) is 12.6 Å². The molecule has 4 N–H and O–H groups in total. The number of carbonyl (C=O) groups is 1. The monoisotopic (exact) mass is 349 g/mol. The fourth-order valence-electron chi connectivity index (χ4n) is 2.33. The Kier molecular flexibility index (Phi) is 8.17. The fraction of sp³-hybridized carbons (Fsp3) is 0.692. The Balaban J connectivity index is 0.000000463. The molecule has 0 aliphatic heterocycles. The zero-order valence-corrected chi connectivity index (χ0v) is 13.6. The minimum Gasteiger partial charge on any atom is -0.461 e. The van der Waals surface area contributed by atoms with Crippen molar-refractivity contribution in [3.8, 4) is 0 Å². The predicted octanol–water partition coefficient (Wildman–Crippen LogP) is 0.607. The lowest BCUT2D eigenvalue weighted by molar-refractivity contribution is -0.151. The summed E-state index contributed by atoms with van der Waals surface area (Å²) in [5, 5.41) is 0. The van der Waals surface area contributed by atoms with Crippen molar-refractivity contribution in [3.63, 3.8) is 0 Å². The Morgan fingerprint density at radius 1 is 1.35 bits per heavy atom. The van der Waals surface area contributed by atoms with Gasteiger partial charge in [0.25, 0.3) is 0 Å². The second-order valence-corrected chi connectivity index (χ2v) is 6.17. The molecule has 0 bridgehead atoms. The van der Waals surface area contributed by atoms with Crippen molar-refractivity contribution in [3.05, 3.63) is 18.2 Å². The molecule has 0 aromatic carbocycles. The minimum atomic E-state index is -4.67. The lowest BCUT2D eigenvalue weighted by atomic mass is 9.98. The molecule has 0 atom stereocenters. The molecule has 1 aromatic rings. The van der Waals surface area contributed by atoms with Crippen molar-refractivity contribution in [2.24, 2.45) is 5.73 Å². The van der Waals surface area contributed by atoms with E-state index in [0.29, 0.717) is 6.54 Å². The molecule has 23 heavy (non-hydrogen) atoms. The summed E-state index contributed by atoms with van der Waals surface area (Å²) in [7, 11) is -4.67. The summed E-state index contributed by atoms with van der Waals surface area (Å²) in [5.74, 6) is -0.168. The zero-order valence-electron chi connectivity index (χ0n) is 12.8. The van der Waals surface area contributed by atoms with E-state index < -0.39 is 10.4 Å². The molecule has 1 fully saturated rings. The van der Waals surface area contributed by atoms with Gasteiger partial charge in [-0.15, -0.1) is 0 Å². The van der Waals surface area contributed by atoms with Crippen molar-refractivity contribution in [1.82, 2.24) is 9.55 Å². The third-order valence-corrected chi connectivity index (χ3v) is 3.25. The number of hydrogen-bond acceptors (Lipinski definition) is 6. The van der Waals surface area contributed by atoms with Crippen LogP contribution >= 0.6 is 0 Å². The second-order valence-electron chi connectivity index (χ2n) is 5.27. The number of imidazole rings is 1. The van der Waals surface area contributed by atoms with Crippen LogP contribution in [0.4, 0.5) is 0 Å². The summed E-state index contributed by atoms with van der Waals surface area (Å²) in [5.41, 5.74) is 6.37. The van der Waals surface area contributed by atoms with Gasteiger partial charge in [0.2, 0.25) is 0 Å². The highest BCUT2D eigenvalue weighted by Gasteiger charge is 2.17. The first kappa shape index (κ1) is 19.6. The molecule has 0 amide bonds. The molecule has 132 valence electrons. The molecule has 1 heterocycles. The number of nitrogens with two attached hydrogens (primary N) is 1. The first-order valence-corrected chi connectivity index (χ1v) is 8.77. The number of carbonyl (C=O) groups excluding carboxylic acids is 1. The van der Waals surface area contributed by atoms with Gasteiger partial charge in [-0.05, 0) is 32.2 Å². The van der Waals surface area contributed by atoms with E-state index in [0.717, 1.165) is 25.0 Å². The van der Waals surface area contributed by atoms with Crippen molar-refractivity contribution in [2.45, 2.75) is 51.2 Å². The molecule has 0 saturated heterocycles. The van der Waals surface area contributed by atoms with Crippen LogP contribution in [0.25, 0.3) is 0 Å². The highest BCUT2D eigenvalue weighted by Crippen LogP contribution is 2.20. The smallest absolute Gasteiger partial charge is 0.394 e. The lowest BCUT2D eigenvalue weighted by Crippen LogP contribution is -2.23. The second kappa shape index (κ2) is 9.60. The molecule has 1 saturated carbocycles. The molecule has 2 rings (SSSR count). The van der Waals surface area contributed by atoms with Crippen LogP contribution in [0.15, 0.2) is 12.5 Å². The number of aromatic nitrogens is 2. The summed E-state index contributed by atoms with van der Waals surface area (Å²) < 4.78 is 38.8. The van der Waals surface area contributed by atoms with Gasteiger partial charge in [-0.1, -0.05) is 6.42 Å². The Labute approximate surface area is 135 Å². The van der Waals surface area contributed by atoms with Crippen molar-refractivity contribution in [1.29, 1.82) is 0 Å². The molecule has 1 aromatic heterocycles. The van der Waals surface area contributed by atoms with Gasteiger partial charge >= 0.3 is 16.4 Å². The van der Waals surface area contributed by atoms with Crippen molar-refractivity contribution < 1.29 is 27.1 Å². The topological polar surface area (TPSA) is 145 Å². The third-order valence-electron chi connectivity index (χ3n) is 3.25. The lowest BCUT2D eigenvalue weighted by Gasteiger charge is -2.21. The number of nitrogens with zero attached hydrogens (tertiary/aromatic N) is 2. The van der Waals surface area contributed by atoms with Crippen LogP contribution in [0.2, 0.25) is 0 Å². The van der Waals surface area contributed by atoms with Crippen LogP contribution in [-0.2, 0) is 32.9 Å². The van der Waals surface area contributed by atoms with Gasteiger partial charge in [0.15, 0.2) is 0 Å². The Morgan fingerprint density at radius 3 is 2.52 bits per heavy atom. The van der Waals surface area contributed by atoms with Crippen molar-refractivity contribution in [2.75, 3.05) is 6.54 Å². The van der Waals surface area contributed by atoms with Gasteiger partial charge in [-0.3, -0.25) is 13.9 Å². The predicted molar refractivity (Wildman–Crippen MR) is 82.1 cm³/mol. The summed E-state index contributed by atoms with van der Waals surface area (Å²) in [6, 6.07) is 0. The van der Waals surface area contributed by atoms with E-state index >= 15 is 0 Å². The van der Waals surface area contributed by atoms with E-state index in [9.17, 15) is 4.79 Å². The highest BCUT2D eigenvalue weighted by molar-refractivity contribution is 7.79. The van der Waals surface area contributed by atoms with Gasteiger partial charge < -0.3 is 15.0 Å². The maximum absolute atomic E-state index is 11.8. The first-order chi connectivity index (χ1) is 10.8. The Morgan fingerprint density at radius 2 is 1.96 bits per heavy atom. The van der Waals surface area contributed by atoms with E-state index in [-0.39, 0.29) is 18.6 Å². The maximum Gasteiger partial charge on any atom is 0.394 e. The average Bonchev–Trinajstić information content (AvgIpc) is 2.85. The van der Waals surface area contributed by atoms with Gasteiger partial charge in [0.05, 0.1) is 12.0 Å².